The van der Waals surface area contributed by atoms with E-state index in [4.69, 9.17) is 4.98 Å². The minimum absolute atomic E-state index is 0.396. The highest BCUT2D eigenvalue weighted by Gasteiger charge is 2.20. The number of hydrogen-bond donors (Lipinski definition) is 3. The molecular weight excluding hydrogens is 438 g/mol. The van der Waals surface area contributed by atoms with Crippen LogP contribution in [0.15, 0.2) is 61.1 Å². The lowest BCUT2D eigenvalue weighted by Crippen LogP contribution is -2.39. The van der Waals surface area contributed by atoms with Crippen LogP contribution < -0.4 is 10.6 Å². The number of nitrogens with zero attached hydrogens (tertiary/aromatic N) is 5. The van der Waals surface area contributed by atoms with Crippen LogP contribution in [0, 0.1) is 0 Å². The lowest BCUT2D eigenvalue weighted by Gasteiger charge is -2.30. The summed E-state index contributed by atoms with van der Waals surface area (Å²) in [4.78, 5) is 16.3. The lowest BCUT2D eigenvalue weighted by atomic mass is 10.00. The molecule has 6 rings (SSSR count). The van der Waals surface area contributed by atoms with Gasteiger partial charge in [0.2, 0.25) is 0 Å². The zero-order valence-electron chi connectivity index (χ0n) is 19.8. The number of aliphatic hydroxyl groups excluding tert-OH is 1. The van der Waals surface area contributed by atoms with Gasteiger partial charge in [-0.1, -0.05) is 24.3 Å². The standard InChI is InChI=1S/C27H31N7O/c35-23(17-33-12-9-19-3-1-2-4-21(19)16-33)15-30-26-13-20(7-11-29-26)24-5-6-25-27(32-24)34(18-31-25)22-8-10-28-14-22/h1-7,11,13,18,22-23,28,35H,8-10,12,14-17H2,(H,29,30). The van der Waals surface area contributed by atoms with E-state index < -0.39 is 6.10 Å². The number of pyridine rings is 2. The number of hydrogen-bond acceptors (Lipinski definition) is 7. The summed E-state index contributed by atoms with van der Waals surface area (Å²) in [5.74, 6) is 0.737. The normalized spacial score (nSPS) is 19.1. The highest BCUT2D eigenvalue weighted by Crippen LogP contribution is 2.25. The van der Waals surface area contributed by atoms with Gasteiger partial charge in [0.05, 0.1) is 24.2 Å². The van der Waals surface area contributed by atoms with Crippen LogP contribution in [0.4, 0.5) is 5.82 Å². The van der Waals surface area contributed by atoms with Gasteiger partial charge in [-0.3, -0.25) is 4.90 Å². The minimum atomic E-state index is -0.477. The number of aliphatic hydroxyl groups is 1. The number of rotatable bonds is 7. The molecule has 2 aliphatic rings. The van der Waals surface area contributed by atoms with Gasteiger partial charge in [0.25, 0.3) is 0 Å². The van der Waals surface area contributed by atoms with E-state index in [9.17, 15) is 5.11 Å². The Morgan fingerprint density at radius 3 is 2.91 bits per heavy atom. The fourth-order valence-corrected chi connectivity index (χ4v) is 5.20. The molecule has 1 fully saturated rings. The van der Waals surface area contributed by atoms with Crippen molar-refractivity contribution in [3.05, 3.63) is 72.2 Å². The molecule has 0 radical (unpaired) electrons. The van der Waals surface area contributed by atoms with E-state index in [2.05, 4.69) is 54.3 Å². The van der Waals surface area contributed by atoms with Crippen molar-refractivity contribution < 1.29 is 5.11 Å². The molecule has 5 heterocycles. The summed E-state index contributed by atoms with van der Waals surface area (Å²) >= 11 is 0. The van der Waals surface area contributed by atoms with Crippen molar-refractivity contribution in [3.8, 4) is 11.3 Å². The molecule has 1 aromatic carbocycles. The number of β-amino-alcohol motifs (C(OH)–C–C–N with tert-alkyl or cyclic N) is 1. The van der Waals surface area contributed by atoms with E-state index in [0.29, 0.717) is 19.1 Å². The number of aromatic nitrogens is 4. The summed E-state index contributed by atoms with van der Waals surface area (Å²) in [5, 5.41) is 17.4. The van der Waals surface area contributed by atoms with E-state index >= 15 is 0 Å². The quantitative estimate of drug-likeness (QED) is 0.383. The zero-order valence-corrected chi connectivity index (χ0v) is 19.8. The maximum absolute atomic E-state index is 10.7. The first-order chi connectivity index (χ1) is 17.2. The molecule has 8 nitrogen and oxygen atoms in total. The zero-order chi connectivity index (χ0) is 23.6. The number of nitrogens with one attached hydrogen (secondary N) is 2. The summed E-state index contributed by atoms with van der Waals surface area (Å²) in [7, 11) is 0. The fourth-order valence-electron chi connectivity index (χ4n) is 5.20. The number of benzene rings is 1. The van der Waals surface area contributed by atoms with Gasteiger partial charge in [0, 0.05) is 44.5 Å². The van der Waals surface area contributed by atoms with Gasteiger partial charge < -0.3 is 20.3 Å². The predicted octanol–water partition coefficient (Wildman–Crippen LogP) is 2.86. The lowest BCUT2D eigenvalue weighted by molar-refractivity contribution is 0.114. The smallest absolute Gasteiger partial charge is 0.160 e. The van der Waals surface area contributed by atoms with Crippen molar-refractivity contribution >= 4 is 17.0 Å². The van der Waals surface area contributed by atoms with Crippen LogP contribution in [-0.4, -0.2) is 68.4 Å². The Labute approximate surface area is 205 Å². The highest BCUT2D eigenvalue weighted by molar-refractivity contribution is 5.76. The maximum atomic E-state index is 10.7. The molecule has 0 saturated carbocycles. The number of anilines is 1. The Bertz CT molecular complexity index is 1310. The first kappa shape index (κ1) is 22.2. The fraction of sp³-hybridized carbons (Fsp3) is 0.370. The van der Waals surface area contributed by atoms with Crippen molar-refractivity contribution in [3.63, 3.8) is 0 Å². The maximum Gasteiger partial charge on any atom is 0.160 e. The Balaban J connectivity index is 1.11. The van der Waals surface area contributed by atoms with Crippen LogP contribution in [0.2, 0.25) is 0 Å². The van der Waals surface area contributed by atoms with Crippen molar-refractivity contribution in [2.45, 2.75) is 31.5 Å². The minimum Gasteiger partial charge on any atom is -0.390 e. The largest absolute Gasteiger partial charge is 0.390 e. The topological polar surface area (TPSA) is 91.1 Å². The summed E-state index contributed by atoms with van der Waals surface area (Å²) in [5.41, 5.74) is 6.50. The van der Waals surface area contributed by atoms with Gasteiger partial charge >= 0.3 is 0 Å². The molecule has 0 amide bonds. The third-order valence-electron chi connectivity index (χ3n) is 7.10. The second kappa shape index (κ2) is 9.73. The molecule has 8 heteroatoms. The molecule has 0 bridgehead atoms. The first-order valence-electron chi connectivity index (χ1n) is 12.4. The molecule has 2 atom stereocenters. The molecule has 180 valence electrons. The molecule has 2 aliphatic heterocycles. The molecule has 1 saturated heterocycles. The van der Waals surface area contributed by atoms with E-state index in [1.54, 1.807) is 6.20 Å². The Kier molecular flexibility index (Phi) is 6.16. The Morgan fingerprint density at radius 2 is 2.03 bits per heavy atom. The average molecular weight is 470 g/mol. The molecule has 3 aromatic heterocycles. The van der Waals surface area contributed by atoms with Crippen LogP contribution in [0.1, 0.15) is 23.6 Å². The summed E-state index contributed by atoms with van der Waals surface area (Å²) in [6.07, 6.45) is 5.34. The molecule has 4 aromatic rings. The predicted molar refractivity (Wildman–Crippen MR) is 137 cm³/mol. The van der Waals surface area contributed by atoms with Crippen molar-refractivity contribution in [2.24, 2.45) is 0 Å². The second-order valence-corrected chi connectivity index (χ2v) is 9.56. The van der Waals surface area contributed by atoms with Crippen LogP contribution >= 0.6 is 0 Å². The van der Waals surface area contributed by atoms with Gasteiger partial charge in [0.15, 0.2) is 5.65 Å². The molecule has 0 spiro atoms. The van der Waals surface area contributed by atoms with Gasteiger partial charge in [-0.05, 0) is 54.8 Å². The van der Waals surface area contributed by atoms with Crippen LogP contribution in [0.5, 0.6) is 0 Å². The van der Waals surface area contributed by atoms with Crippen molar-refractivity contribution in [1.29, 1.82) is 0 Å². The highest BCUT2D eigenvalue weighted by atomic mass is 16.3. The third-order valence-corrected chi connectivity index (χ3v) is 7.10. The van der Waals surface area contributed by atoms with E-state index in [1.807, 2.05) is 30.6 Å². The average Bonchev–Trinajstić information content (AvgIpc) is 3.57. The monoisotopic (exact) mass is 469 g/mol. The molecule has 3 N–H and O–H groups in total. The second-order valence-electron chi connectivity index (χ2n) is 9.56. The van der Waals surface area contributed by atoms with Crippen LogP contribution in [-0.2, 0) is 13.0 Å². The summed E-state index contributed by atoms with van der Waals surface area (Å²) < 4.78 is 2.19. The SMILES string of the molecule is OC(CNc1cc(-c2ccc3ncn(C4CCNC4)c3n2)ccn1)CN1CCc2ccccc2C1. The third kappa shape index (κ3) is 4.77. The van der Waals surface area contributed by atoms with Gasteiger partial charge in [0.1, 0.15) is 11.3 Å². The van der Waals surface area contributed by atoms with Crippen molar-refractivity contribution in [1.82, 2.24) is 29.7 Å². The van der Waals surface area contributed by atoms with Crippen molar-refractivity contribution in [2.75, 3.05) is 38.0 Å². The molecule has 35 heavy (non-hydrogen) atoms. The number of fused-ring (bicyclic) bond motifs is 2. The summed E-state index contributed by atoms with van der Waals surface area (Å²) in [6, 6.07) is 17.0. The Morgan fingerprint density at radius 1 is 1.11 bits per heavy atom. The van der Waals surface area contributed by atoms with E-state index in [1.165, 1.54) is 11.1 Å². The van der Waals surface area contributed by atoms with Gasteiger partial charge in [-0.25, -0.2) is 15.0 Å². The number of imidazole rings is 1. The molecule has 0 aliphatic carbocycles. The van der Waals surface area contributed by atoms with Gasteiger partial charge in [-0.15, -0.1) is 0 Å². The Hall–Kier alpha value is -3.33. The molecule has 2 unspecified atom stereocenters. The first-order valence-corrected chi connectivity index (χ1v) is 12.4. The van der Waals surface area contributed by atoms with Crippen LogP contribution in [0.25, 0.3) is 22.4 Å². The molecular formula is C27H31N7O. The van der Waals surface area contributed by atoms with E-state index in [0.717, 1.165) is 67.3 Å². The summed E-state index contributed by atoms with van der Waals surface area (Å²) in [6.45, 7) is 4.93. The van der Waals surface area contributed by atoms with E-state index in [-0.39, 0.29) is 0 Å². The van der Waals surface area contributed by atoms with Gasteiger partial charge in [-0.2, -0.15) is 0 Å². The van der Waals surface area contributed by atoms with Crippen LogP contribution in [0.3, 0.4) is 0 Å².